The van der Waals surface area contributed by atoms with E-state index in [2.05, 4.69) is 5.32 Å². The molecule has 0 saturated heterocycles. The number of carboxylic acids is 1. The zero-order valence-corrected chi connectivity index (χ0v) is 13.1. The summed E-state index contributed by atoms with van der Waals surface area (Å²) in [5, 5.41) is 13.6. The van der Waals surface area contributed by atoms with Gasteiger partial charge in [-0.05, 0) is 24.4 Å². The maximum Gasteiger partial charge on any atom is 0.339 e. The summed E-state index contributed by atoms with van der Waals surface area (Å²) in [7, 11) is 0. The van der Waals surface area contributed by atoms with E-state index in [1.807, 2.05) is 17.5 Å². The summed E-state index contributed by atoms with van der Waals surface area (Å²) < 4.78 is 5.29. The van der Waals surface area contributed by atoms with Gasteiger partial charge in [0.2, 0.25) is 5.91 Å². The Hall–Kier alpha value is -1.73. The molecule has 0 radical (unpaired) electrons. The van der Waals surface area contributed by atoms with Gasteiger partial charge in [-0.3, -0.25) is 4.79 Å². The highest BCUT2D eigenvalue weighted by molar-refractivity contribution is 7.99. The summed E-state index contributed by atoms with van der Waals surface area (Å²) >= 11 is 3.21. The molecule has 0 unspecified atom stereocenters. The summed E-state index contributed by atoms with van der Waals surface area (Å²) in [6, 6.07) is 5.46. The molecule has 0 spiro atoms. The molecular formula is C14H15NO4S2. The molecule has 0 aliphatic carbocycles. The fourth-order valence-corrected chi connectivity index (χ4v) is 3.42. The number of rotatable bonds is 7. The van der Waals surface area contributed by atoms with Crippen molar-refractivity contribution in [1.82, 2.24) is 5.32 Å². The number of carbonyl (C=O) groups is 2. The number of aryl methyl sites for hydroxylation is 1. The molecule has 21 heavy (non-hydrogen) atoms. The fraction of sp³-hybridized carbons (Fsp3) is 0.286. The smallest absolute Gasteiger partial charge is 0.339 e. The first-order valence-corrected chi connectivity index (χ1v) is 8.29. The Kier molecular flexibility index (Phi) is 5.46. The molecule has 0 aliphatic rings. The average Bonchev–Trinajstić information content (AvgIpc) is 3.06. The Morgan fingerprint density at radius 1 is 1.48 bits per heavy atom. The first-order chi connectivity index (χ1) is 10.1. The van der Waals surface area contributed by atoms with E-state index < -0.39 is 5.97 Å². The monoisotopic (exact) mass is 325 g/mol. The van der Waals surface area contributed by atoms with Crippen molar-refractivity contribution in [2.75, 3.05) is 5.75 Å². The van der Waals surface area contributed by atoms with Crippen molar-refractivity contribution < 1.29 is 19.1 Å². The van der Waals surface area contributed by atoms with Gasteiger partial charge in [-0.15, -0.1) is 23.1 Å². The molecule has 0 fully saturated rings. The van der Waals surface area contributed by atoms with Gasteiger partial charge in [0.1, 0.15) is 17.1 Å². The fourth-order valence-electron chi connectivity index (χ4n) is 1.72. The van der Waals surface area contributed by atoms with Crippen LogP contribution in [0, 0.1) is 6.92 Å². The van der Waals surface area contributed by atoms with Crippen molar-refractivity contribution in [1.29, 1.82) is 0 Å². The molecule has 0 aliphatic heterocycles. The SMILES string of the molecule is Cc1oc(CNC(=O)CSCc2cccs2)cc1C(=O)O. The van der Waals surface area contributed by atoms with Gasteiger partial charge in [0.05, 0.1) is 12.3 Å². The first kappa shape index (κ1) is 15.7. The summed E-state index contributed by atoms with van der Waals surface area (Å²) in [6.07, 6.45) is 0. The zero-order valence-electron chi connectivity index (χ0n) is 11.4. The number of nitrogens with one attached hydrogen (secondary N) is 1. The molecular weight excluding hydrogens is 310 g/mol. The van der Waals surface area contributed by atoms with Crippen LogP contribution < -0.4 is 5.32 Å². The van der Waals surface area contributed by atoms with Crippen LogP contribution in [0.1, 0.15) is 26.8 Å². The number of thiophene rings is 1. The molecule has 5 nitrogen and oxygen atoms in total. The molecule has 7 heteroatoms. The van der Waals surface area contributed by atoms with Crippen LogP contribution in [0.25, 0.3) is 0 Å². The van der Waals surface area contributed by atoms with E-state index in [1.54, 1.807) is 30.0 Å². The summed E-state index contributed by atoms with van der Waals surface area (Å²) in [6.45, 7) is 1.79. The molecule has 1 amide bonds. The van der Waals surface area contributed by atoms with Crippen LogP contribution in [0.3, 0.4) is 0 Å². The van der Waals surface area contributed by atoms with E-state index in [0.717, 1.165) is 5.75 Å². The zero-order chi connectivity index (χ0) is 15.2. The van der Waals surface area contributed by atoms with Gasteiger partial charge in [0, 0.05) is 10.6 Å². The topological polar surface area (TPSA) is 79.5 Å². The van der Waals surface area contributed by atoms with E-state index in [-0.39, 0.29) is 18.0 Å². The quantitative estimate of drug-likeness (QED) is 0.818. The third-order valence-corrected chi connectivity index (χ3v) is 4.76. The van der Waals surface area contributed by atoms with Gasteiger partial charge < -0.3 is 14.8 Å². The van der Waals surface area contributed by atoms with E-state index in [1.165, 1.54) is 10.9 Å². The summed E-state index contributed by atoms with van der Waals surface area (Å²) in [4.78, 5) is 23.8. The van der Waals surface area contributed by atoms with E-state index >= 15 is 0 Å². The van der Waals surface area contributed by atoms with Crippen molar-refractivity contribution in [3.05, 3.63) is 45.5 Å². The normalized spacial score (nSPS) is 10.5. The Morgan fingerprint density at radius 3 is 2.90 bits per heavy atom. The van der Waals surface area contributed by atoms with Gasteiger partial charge in [0.25, 0.3) is 0 Å². The lowest BCUT2D eigenvalue weighted by Crippen LogP contribution is -2.24. The third kappa shape index (κ3) is 4.64. The van der Waals surface area contributed by atoms with Gasteiger partial charge in [-0.2, -0.15) is 0 Å². The highest BCUT2D eigenvalue weighted by atomic mass is 32.2. The number of hydrogen-bond donors (Lipinski definition) is 2. The first-order valence-electron chi connectivity index (χ1n) is 6.25. The minimum Gasteiger partial charge on any atom is -0.478 e. The maximum atomic E-state index is 11.7. The van der Waals surface area contributed by atoms with Gasteiger partial charge in [-0.1, -0.05) is 6.07 Å². The third-order valence-electron chi connectivity index (χ3n) is 2.72. The lowest BCUT2D eigenvalue weighted by atomic mass is 10.2. The summed E-state index contributed by atoms with van der Waals surface area (Å²) in [5.74, 6) is 0.848. The highest BCUT2D eigenvalue weighted by Crippen LogP contribution is 2.17. The molecule has 2 rings (SSSR count). The molecule has 2 aromatic heterocycles. The lowest BCUT2D eigenvalue weighted by Gasteiger charge is -2.02. The van der Waals surface area contributed by atoms with Crippen LogP contribution in [-0.4, -0.2) is 22.7 Å². The van der Waals surface area contributed by atoms with Gasteiger partial charge in [0.15, 0.2) is 0 Å². The number of thioether (sulfide) groups is 1. The van der Waals surface area contributed by atoms with Gasteiger partial charge >= 0.3 is 5.97 Å². The molecule has 0 bridgehead atoms. The van der Waals surface area contributed by atoms with Crippen molar-refractivity contribution in [2.24, 2.45) is 0 Å². The Labute approximate surface area is 130 Å². The average molecular weight is 325 g/mol. The molecule has 2 aromatic rings. The largest absolute Gasteiger partial charge is 0.478 e. The van der Waals surface area contributed by atoms with E-state index in [9.17, 15) is 9.59 Å². The Bertz CT molecular complexity index is 619. The number of carbonyl (C=O) groups excluding carboxylic acids is 1. The highest BCUT2D eigenvalue weighted by Gasteiger charge is 2.14. The molecule has 0 saturated carbocycles. The van der Waals surface area contributed by atoms with Crippen LogP contribution >= 0.6 is 23.1 Å². The van der Waals surface area contributed by atoms with Crippen LogP contribution in [0.2, 0.25) is 0 Å². The molecule has 112 valence electrons. The lowest BCUT2D eigenvalue weighted by molar-refractivity contribution is -0.118. The molecule has 0 aromatic carbocycles. The number of furan rings is 1. The molecule has 0 atom stereocenters. The minimum atomic E-state index is -1.03. The maximum absolute atomic E-state index is 11.7. The van der Waals surface area contributed by atoms with Crippen molar-refractivity contribution in [3.8, 4) is 0 Å². The van der Waals surface area contributed by atoms with E-state index in [0.29, 0.717) is 17.3 Å². The van der Waals surface area contributed by atoms with Crippen LogP contribution in [0.15, 0.2) is 28.0 Å². The Balaban J connectivity index is 1.73. The van der Waals surface area contributed by atoms with Crippen molar-refractivity contribution in [3.63, 3.8) is 0 Å². The minimum absolute atomic E-state index is 0.0949. The van der Waals surface area contributed by atoms with Crippen LogP contribution in [0.4, 0.5) is 0 Å². The standard InChI is InChI=1S/C14H15NO4S2/c1-9-12(14(17)18)5-10(19-9)6-15-13(16)8-20-7-11-3-2-4-21-11/h2-5H,6-8H2,1H3,(H,15,16)(H,17,18). The molecule has 2 N–H and O–H groups in total. The second-order valence-corrected chi connectivity index (χ2v) is 6.35. The molecule has 2 heterocycles. The number of aromatic carboxylic acids is 1. The van der Waals surface area contributed by atoms with Crippen molar-refractivity contribution >= 4 is 35.0 Å². The van der Waals surface area contributed by atoms with E-state index in [4.69, 9.17) is 9.52 Å². The Morgan fingerprint density at radius 2 is 2.29 bits per heavy atom. The predicted octanol–water partition coefficient (Wildman–Crippen LogP) is 2.90. The number of carboxylic acid groups (broad SMARTS) is 1. The van der Waals surface area contributed by atoms with Gasteiger partial charge in [-0.25, -0.2) is 4.79 Å². The summed E-state index contributed by atoms with van der Waals surface area (Å²) in [5.41, 5.74) is 0.131. The van der Waals surface area contributed by atoms with Crippen molar-refractivity contribution in [2.45, 2.75) is 19.2 Å². The van der Waals surface area contributed by atoms with Crippen LogP contribution in [0.5, 0.6) is 0 Å². The predicted molar refractivity (Wildman–Crippen MR) is 82.7 cm³/mol. The van der Waals surface area contributed by atoms with Crippen LogP contribution in [-0.2, 0) is 17.1 Å². The second kappa shape index (κ2) is 7.33. The second-order valence-electron chi connectivity index (χ2n) is 4.34. The number of amides is 1. The number of hydrogen-bond acceptors (Lipinski definition) is 5.